The van der Waals surface area contributed by atoms with Gasteiger partial charge in [0.15, 0.2) is 0 Å². The maximum Gasteiger partial charge on any atom is 0.122 e. The van der Waals surface area contributed by atoms with E-state index in [4.69, 9.17) is 4.74 Å². The van der Waals surface area contributed by atoms with Gasteiger partial charge in [-0.05, 0) is 48.1 Å². The molecule has 17 heavy (non-hydrogen) atoms. The van der Waals surface area contributed by atoms with Crippen LogP contribution in [0.15, 0.2) is 24.8 Å². The Hall–Kier alpha value is -1.24. The van der Waals surface area contributed by atoms with Crippen molar-refractivity contribution in [2.45, 2.75) is 46.0 Å². The summed E-state index contributed by atoms with van der Waals surface area (Å²) in [5.74, 6) is 0.999. The smallest absolute Gasteiger partial charge is 0.122 e. The molecule has 0 atom stereocenters. The topological polar surface area (TPSA) is 9.23 Å². The monoisotopic (exact) mass is 232 g/mol. The SMILES string of the molecule is C=C(CCCC)c1ccc(OC)c(CCC)c1. The summed E-state index contributed by atoms with van der Waals surface area (Å²) in [5, 5.41) is 0. The third-order valence-corrected chi connectivity index (χ3v) is 3.04. The van der Waals surface area contributed by atoms with Gasteiger partial charge >= 0.3 is 0 Å². The van der Waals surface area contributed by atoms with Crippen molar-refractivity contribution in [2.24, 2.45) is 0 Å². The van der Waals surface area contributed by atoms with Crippen LogP contribution in [0.4, 0.5) is 0 Å². The molecule has 0 heterocycles. The molecule has 1 heteroatoms. The third kappa shape index (κ3) is 3.92. The molecule has 1 aromatic rings. The number of hydrogen-bond donors (Lipinski definition) is 0. The van der Waals surface area contributed by atoms with Gasteiger partial charge in [-0.15, -0.1) is 0 Å². The average Bonchev–Trinajstić information content (AvgIpc) is 2.36. The second-order valence-corrected chi connectivity index (χ2v) is 4.48. The predicted molar refractivity (Wildman–Crippen MR) is 75.5 cm³/mol. The van der Waals surface area contributed by atoms with E-state index >= 15 is 0 Å². The van der Waals surface area contributed by atoms with Crippen LogP contribution >= 0.6 is 0 Å². The van der Waals surface area contributed by atoms with Crippen molar-refractivity contribution in [1.29, 1.82) is 0 Å². The molecule has 1 aromatic carbocycles. The molecule has 1 rings (SSSR count). The van der Waals surface area contributed by atoms with Crippen LogP contribution in [0, 0.1) is 0 Å². The minimum absolute atomic E-state index is 0.999. The number of ether oxygens (including phenoxy) is 1. The number of rotatable bonds is 7. The van der Waals surface area contributed by atoms with E-state index in [2.05, 4.69) is 38.6 Å². The van der Waals surface area contributed by atoms with Gasteiger partial charge in [0.1, 0.15) is 5.75 Å². The Bertz CT molecular complexity index is 366. The first-order valence-corrected chi connectivity index (χ1v) is 6.58. The molecular formula is C16H24O. The van der Waals surface area contributed by atoms with Crippen LogP contribution in [0.1, 0.15) is 50.7 Å². The Morgan fingerprint density at radius 2 is 2.00 bits per heavy atom. The van der Waals surface area contributed by atoms with E-state index in [1.807, 2.05) is 0 Å². The van der Waals surface area contributed by atoms with Crippen LogP contribution in [0.3, 0.4) is 0 Å². The standard InChI is InChI=1S/C16H24O/c1-5-7-9-13(3)14-10-11-16(17-4)15(12-14)8-6-2/h10-12H,3,5-9H2,1-2,4H3. The summed E-state index contributed by atoms with van der Waals surface area (Å²) in [6.07, 6.45) is 5.73. The lowest BCUT2D eigenvalue weighted by Gasteiger charge is -2.11. The minimum atomic E-state index is 0.999. The molecule has 0 saturated heterocycles. The molecule has 94 valence electrons. The summed E-state index contributed by atoms with van der Waals surface area (Å²) < 4.78 is 5.38. The van der Waals surface area contributed by atoms with E-state index in [0.29, 0.717) is 0 Å². The maximum atomic E-state index is 5.38. The van der Waals surface area contributed by atoms with Gasteiger partial charge in [-0.25, -0.2) is 0 Å². The van der Waals surface area contributed by atoms with Crippen molar-refractivity contribution < 1.29 is 4.74 Å². The molecule has 0 bridgehead atoms. The van der Waals surface area contributed by atoms with E-state index in [-0.39, 0.29) is 0 Å². The van der Waals surface area contributed by atoms with Crippen molar-refractivity contribution in [3.8, 4) is 5.75 Å². The van der Waals surface area contributed by atoms with Crippen molar-refractivity contribution in [1.82, 2.24) is 0 Å². The zero-order valence-electron chi connectivity index (χ0n) is 11.4. The van der Waals surface area contributed by atoms with E-state index in [1.165, 1.54) is 29.5 Å². The van der Waals surface area contributed by atoms with Gasteiger partial charge in [-0.3, -0.25) is 0 Å². The van der Waals surface area contributed by atoms with E-state index in [0.717, 1.165) is 25.0 Å². The molecule has 0 aliphatic carbocycles. The Kier molecular flexibility index (Phi) is 5.82. The highest BCUT2D eigenvalue weighted by Gasteiger charge is 2.05. The fourth-order valence-electron chi connectivity index (χ4n) is 2.00. The molecule has 0 spiro atoms. The molecule has 0 saturated carbocycles. The Morgan fingerprint density at radius 1 is 1.24 bits per heavy atom. The van der Waals surface area contributed by atoms with Crippen molar-refractivity contribution in [2.75, 3.05) is 7.11 Å². The highest BCUT2D eigenvalue weighted by atomic mass is 16.5. The molecule has 0 amide bonds. The molecule has 0 unspecified atom stereocenters. The molecule has 0 aromatic heterocycles. The normalized spacial score (nSPS) is 10.3. The van der Waals surface area contributed by atoms with Crippen molar-refractivity contribution in [3.05, 3.63) is 35.9 Å². The highest BCUT2D eigenvalue weighted by molar-refractivity contribution is 5.65. The van der Waals surface area contributed by atoms with Gasteiger partial charge in [0.05, 0.1) is 7.11 Å². The second kappa shape index (κ2) is 7.16. The maximum absolute atomic E-state index is 5.38. The summed E-state index contributed by atoms with van der Waals surface area (Å²) >= 11 is 0. The summed E-state index contributed by atoms with van der Waals surface area (Å²) in [6, 6.07) is 6.42. The first-order valence-electron chi connectivity index (χ1n) is 6.58. The third-order valence-electron chi connectivity index (χ3n) is 3.04. The number of allylic oxidation sites excluding steroid dienone is 1. The zero-order chi connectivity index (χ0) is 12.7. The van der Waals surface area contributed by atoms with Crippen LogP contribution in [-0.4, -0.2) is 7.11 Å². The molecule has 0 N–H and O–H groups in total. The summed E-state index contributed by atoms with van der Waals surface area (Å²) in [6.45, 7) is 8.58. The average molecular weight is 232 g/mol. The lowest BCUT2D eigenvalue weighted by atomic mass is 9.98. The highest BCUT2D eigenvalue weighted by Crippen LogP contribution is 2.26. The number of methoxy groups -OCH3 is 1. The fraction of sp³-hybridized carbons (Fsp3) is 0.500. The van der Waals surface area contributed by atoms with E-state index in [1.54, 1.807) is 7.11 Å². The van der Waals surface area contributed by atoms with Crippen molar-refractivity contribution >= 4 is 5.57 Å². The second-order valence-electron chi connectivity index (χ2n) is 4.48. The predicted octanol–water partition coefficient (Wildman–Crippen LogP) is 4.85. The van der Waals surface area contributed by atoms with E-state index in [9.17, 15) is 0 Å². The molecule has 0 aliphatic rings. The molecular weight excluding hydrogens is 208 g/mol. The molecule has 0 fully saturated rings. The molecule has 0 radical (unpaired) electrons. The summed E-state index contributed by atoms with van der Waals surface area (Å²) in [4.78, 5) is 0. The van der Waals surface area contributed by atoms with Gasteiger partial charge in [-0.2, -0.15) is 0 Å². The van der Waals surface area contributed by atoms with Crippen LogP contribution in [0.5, 0.6) is 5.75 Å². The number of benzene rings is 1. The minimum Gasteiger partial charge on any atom is -0.496 e. The number of hydrogen-bond acceptors (Lipinski definition) is 1. The number of unbranched alkanes of at least 4 members (excludes halogenated alkanes) is 1. The van der Waals surface area contributed by atoms with Gasteiger partial charge in [-0.1, -0.05) is 39.3 Å². The van der Waals surface area contributed by atoms with Crippen LogP contribution in [0.25, 0.3) is 5.57 Å². The fourth-order valence-corrected chi connectivity index (χ4v) is 2.00. The Morgan fingerprint density at radius 3 is 2.59 bits per heavy atom. The summed E-state index contributed by atoms with van der Waals surface area (Å²) in [5.41, 5.74) is 3.81. The van der Waals surface area contributed by atoms with Gasteiger partial charge in [0, 0.05) is 0 Å². The lowest BCUT2D eigenvalue weighted by molar-refractivity contribution is 0.409. The number of aryl methyl sites for hydroxylation is 1. The molecule has 1 nitrogen and oxygen atoms in total. The Labute approximate surface area is 106 Å². The van der Waals surface area contributed by atoms with Crippen LogP contribution in [-0.2, 0) is 6.42 Å². The first kappa shape index (κ1) is 13.8. The van der Waals surface area contributed by atoms with E-state index < -0.39 is 0 Å². The van der Waals surface area contributed by atoms with Gasteiger partial charge in [0.25, 0.3) is 0 Å². The van der Waals surface area contributed by atoms with Crippen LogP contribution < -0.4 is 4.74 Å². The summed E-state index contributed by atoms with van der Waals surface area (Å²) in [7, 11) is 1.74. The molecule has 0 aliphatic heterocycles. The quantitative estimate of drug-likeness (QED) is 0.653. The van der Waals surface area contributed by atoms with Crippen LogP contribution in [0.2, 0.25) is 0 Å². The van der Waals surface area contributed by atoms with Crippen molar-refractivity contribution in [3.63, 3.8) is 0 Å². The Balaban J connectivity index is 2.87. The van der Waals surface area contributed by atoms with Gasteiger partial charge in [0.2, 0.25) is 0 Å². The zero-order valence-corrected chi connectivity index (χ0v) is 11.4. The largest absolute Gasteiger partial charge is 0.496 e. The first-order chi connectivity index (χ1) is 8.22. The lowest BCUT2D eigenvalue weighted by Crippen LogP contribution is -1.94. The van der Waals surface area contributed by atoms with Gasteiger partial charge < -0.3 is 4.74 Å².